The van der Waals surface area contributed by atoms with E-state index >= 15 is 0 Å². The summed E-state index contributed by atoms with van der Waals surface area (Å²) in [6.45, 7) is 3.46. The van der Waals surface area contributed by atoms with Gasteiger partial charge in [-0.25, -0.2) is 19.7 Å². The molecule has 36 heavy (non-hydrogen) atoms. The number of rotatable bonds is 8. The largest absolute Gasteiger partial charge is 0.416 e. The number of aliphatic hydroxyl groups is 1. The van der Waals surface area contributed by atoms with E-state index in [4.69, 9.17) is 0 Å². The number of thiazole rings is 1. The number of hydrogen-bond donors (Lipinski definition) is 4. The van der Waals surface area contributed by atoms with E-state index in [9.17, 15) is 23.1 Å². The molecule has 0 spiro atoms. The van der Waals surface area contributed by atoms with Crippen molar-refractivity contribution in [1.29, 1.82) is 0 Å². The Morgan fingerprint density at radius 3 is 2.69 bits per heavy atom. The molecular formula is C22H23F3N8O2S. The molecule has 0 fully saturated rings. The van der Waals surface area contributed by atoms with Crippen LogP contribution in [0, 0.1) is 13.8 Å². The number of aliphatic hydroxyl groups excluding tert-OH is 1. The van der Waals surface area contributed by atoms with E-state index in [1.807, 2.05) is 0 Å². The second-order valence-electron chi connectivity index (χ2n) is 7.86. The highest BCUT2D eigenvalue weighted by Crippen LogP contribution is 2.37. The van der Waals surface area contributed by atoms with Gasteiger partial charge in [0.25, 0.3) is 0 Å². The van der Waals surface area contributed by atoms with Crippen molar-refractivity contribution in [2.24, 2.45) is 0 Å². The quantitative estimate of drug-likeness (QED) is 0.274. The molecular weight excluding hydrogens is 497 g/mol. The van der Waals surface area contributed by atoms with Gasteiger partial charge in [-0.3, -0.25) is 10.00 Å². The summed E-state index contributed by atoms with van der Waals surface area (Å²) in [5, 5.41) is 22.0. The van der Waals surface area contributed by atoms with Crippen molar-refractivity contribution in [2.75, 3.05) is 29.1 Å². The molecule has 0 aliphatic carbocycles. The van der Waals surface area contributed by atoms with E-state index < -0.39 is 17.8 Å². The van der Waals surface area contributed by atoms with Gasteiger partial charge in [0.2, 0.25) is 0 Å². The molecule has 0 atom stereocenters. The number of aryl methyl sites for hydroxylation is 1. The van der Waals surface area contributed by atoms with Crippen molar-refractivity contribution < 1.29 is 23.1 Å². The van der Waals surface area contributed by atoms with Crippen molar-refractivity contribution in [3.8, 4) is 0 Å². The average molecular weight is 521 g/mol. The van der Waals surface area contributed by atoms with Crippen LogP contribution in [0.4, 0.5) is 34.6 Å². The number of carbonyl (C=O) groups excluding carboxylic acids is 1. The van der Waals surface area contributed by atoms with E-state index in [2.05, 4.69) is 36.0 Å². The molecule has 190 valence electrons. The minimum Gasteiger partial charge on any atom is -0.394 e. The first kappa shape index (κ1) is 25.3. The summed E-state index contributed by atoms with van der Waals surface area (Å²) >= 11 is 1.25. The molecule has 1 aromatic carbocycles. The third kappa shape index (κ3) is 5.54. The summed E-state index contributed by atoms with van der Waals surface area (Å²) in [6, 6.07) is 2.08. The number of urea groups is 1. The Balaban J connectivity index is 1.35. The Morgan fingerprint density at radius 1 is 1.14 bits per heavy atom. The zero-order chi connectivity index (χ0) is 25.9. The normalized spacial score (nSPS) is 11.6. The number of nitrogens with one attached hydrogen (secondary N) is 3. The summed E-state index contributed by atoms with van der Waals surface area (Å²) in [5.41, 5.74) is 0.692. The van der Waals surface area contributed by atoms with Gasteiger partial charge in [0.1, 0.15) is 17.4 Å². The van der Waals surface area contributed by atoms with Crippen LogP contribution in [0.15, 0.2) is 30.9 Å². The standard InChI is InChI=1S/C22H23F3N8O2S/c1-12-3-4-15(13(2)17(12)22(23,24)25)31-20(35)32-21-27-9-14(36-21)5-6-26-19-18-16(28-11-29-19)10-30-33(18)7-8-34/h3-4,9-11,34H,5-8H2,1-2H3,(H,26,28,29)(H2,27,31,32,35). The van der Waals surface area contributed by atoms with Gasteiger partial charge in [-0.05, 0) is 31.0 Å². The van der Waals surface area contributed by atoms with Crippen LogP contribution >= 0.6 is 11.3 Å². The lowest BCUT2D eigenvalue weighted by Crippen LogP contribution is -2.21. The van der Waals surface area contributed by atoms with Crippen molar-refractivity contribution in [1.82, 2.24) is 24.7 Å². The monoisotopic (exact) mass is 520 g/mol. The maximum absolute atomic E-state index is 13.3. The topological polar surface area (TPSA) is 130 Å². The van der Waals surface area contributed by atoms with Gasteiger partial charge in [-0.15, -0.1) is 11.3 Å². The van der Waals surface area contributed by atoms with Crippen molar-refractivity contribution >= 4 is 45.0 Å². The smallest absolute Gasteiger partial charge is 0.394 e. The lowest BCUT2D eigenvalue weighted by Gasteiger charge is -2.17. The highest BCUT2D eigenvalue weighted by molar-refractivity contribution is 7.15. The zero-order valence-electron chi connectivity index (χ0n) is 19.3. The van der Waals surface area contributed by atoms with Crippen LogP contribution in [0.25, 0.3) is 11.0 Å². The number of alkyl halides is 3. The van der Waals surface area contributed by atoms with Crippen molar-refractivity contribution in [2.45, 2.75) is 33.0 Å². The van der Waals surface area contributed by atoms with Gasteiger partial charge >= 0.3 is 12.2 Å². The van der Waals surface area contributed by atoms with Gasteiger partial charge < -0.3 is 15.7 Å². The average Bonchev–Trinajstić information content (AvgIpc) is 3.42. The number of fused-ring (bicyclic) bond motifs is 1. The maximum atomic E-state index is 13.3. The van der Waals surface area contributed by atoms with Gasteiger partial charge in [0.05, 0.1) is 24.9 Å². The number of carbonyl (C=O) groups is 1. The number of anilines is 3. The lowest BCUT2D eigenvalue weighted by molar-refractivity contribution is -0.138. The lowest BCUT2D eigenvalue weighted by atomic mass is 10.0. The highest BCUT2D eigenvalue weighted by atomic mass is 32.1. The second kappa shape index (κ2) is 10.5. The van der Waals surface area contributed by atoms with E-state index in [1.54, 1.807) is 17.1 Å². The van der Waals surface area contributed by atoms with Crippen molar-refractivity contribution in [3.63, 3.8) is 0 Å². The fourth-order valence-electron chi connectivity index (χ4n) is 3.77. The third-order valence-electron chi connectivity index (χ3n) is 5.38. The Labute approximate surface area is 207 Å². The molecule has 4 aromatic rings. The van der Waals surface area contributed by atoms with E-state index in [-0.39, 0.29) is 23.4 Å². The highest BCUT2D eigenvalue weighted by Gasteiger charge is 2.35. The maximum Gasteiger partial charge on any atom is 0.416 e. The zero-order valence-corrected chi connectivity index (χ0v) is 20.2. The van der Waals surface area contributed by atoms with Crippen LogP contribution < -0.4 is 16.0 Å². The number of aromatic nitrogens is 5. The molecule has 3 aromatic heterocycles. The number of nitrogens with zero attached hydrogens (tertiary/aromatic N) is 5. The SMILES string of the molecule is Cc1ccc(NC(=O)Nc2ncc(CCNc3ncnc4cnn(CCO)c34)s2)c(C)c1C(F)(F)F. The van der Waals surface area contributed by atoms with Crippen LogP contribution in [-0.4, -0.2) is 49.0 Å². The molecule has 0 bridgehead atoms. The van der Waals surface area contributed by atoms with Gasteiger partial charge in [-0.2, -0.15) is 18.3 Å². The third-order valence-corrected chi connectivity index (χ3v) is 6.36. The van der Waals surface area contributed by atoms with Crippen LogP contribution in [-0.2, 0) is 19.1 Å². The van der Waals surface area contributed by atoms with Gasteiger partial charge in [0, 0.05) is 29.7 Å². The summed E-state index contributed by atoms with van der Waals surface area (Å²) in [4.78, 5) is 25.9. The summed E-state index contributed by atoms with van der Waals surface area (Å²) < 4.78 is 41.6. The predicted molar refractivity (Wildman–Crippen MR) is 130 cm³/mol. The molecule has 3 heterocycles. The summed E-state index contributed by atoms with van der Waals surface area (Å²) in [7, 11) is 0. The summed E-state index contributed by atoms with van der Waals surface area (Å²) in [5.74, 6) is 0.583. The van der Waals surface area contributed by atoms with Crippen LogP contribution in [0.3, 0.4) is 0 Å². The van der Waals surface area contributed by atoms with Gasteiger partial charge in [-0.1, -0.05) is 6.07 Å². The molecule has 10 nitrogen and oxygen atoms in total. The predicted octanol–water partition coefficient (Wildman–Crippen LogP) is 4.21. The molecule has 0 aliphatic rings. The van der Waals surface area contributed by atoms with E-state index in [0.717, 1.165) is 4.88 Å². The van der Waals surface area contributed by atoms with Crippen LogP contribution in [0.2, 0.25) is 0 Å². The molecule has 0 saturated carbocycles. The Kier molecular flexibility index (Phi) is 7.35. The Bertz CT molecular complexity index is 1390. The number of halogens is 3. The Morgan fingerprint density at radius 2 is 1.94 bits per heavy atom. The first-order chi connectivity index (χ1) is 17.2. The minimum atomic E-state index is -4.52. The minimum absolute atomic E-state index is 0.0530. The number of amides is 2. The second-order valence-corrected chi connectivity index (χ2v) is 8.98. The fourth-order valence-corrected chi connectivity index (χ4v) is 4.58. The molecule has 14 heteroatoms. The molecule has 4 rings (SSSR count). The number of benzene rings is 1. The molecule has 0 aliphatic heterocycles. The molecule has 0 radical (unpaired) electrons. The Hall–Kier alpha value is -3.78. The first-order valence-electron chi connectivity index (χ1n) is 10.9. The van der Waals surface area contributed by atoms with E-state index in [1.165, 1.54) is 43.6 Å². The van der Waals surface area contributed by atoms with Gasteiger partial charge in [0.15, 0.2) is 10.9 Å². The van der Waals surface area contributed by atoms with Crippen LogP contribution in [0.1, 0.15) is 21.6 Å². The van der Waals surface area contributed by atoms with E-state index in [0.29, 0.717) is 41.5 Å². The molecule has 4 N–H and O–H groups in total. The molecule has 2 amide bonds. The van der Waals surface area contributed by atoms with Crippen LogP contribution in [0.5, 0.6) is 0 Å². The van der Waals surface area contributed by atoms with Crippen molar-refractivity contribution in [3.05, 3.63) is 52.4 Å². The summed E-state index contributed by atoms with van der Waals surface area (Å²) in [6.07, 6.45) is 0.706. The first-order valence-corrected chi connectivity index (χ1v) is 11.7. The number of hydrogen-bond acceptors (Lipinski definition) is 8. The fraction of sp³-hybridized carbons (Fsp3) is 0.318. The molecule has 0 saturated heterocycles. The molecule has 0 unspecified atom stereocenters.